The van der Waals surface area contributed by atoms with Crippen molar-refractivity contribution in [1.82, 2.24) is 10.2 Å². The zero-order valence-corrected chi connectivity index (χ0v) is 11.7. The number of nitrogens with one attached hydrogen (secondary N) is 1. The number of carbonyl (C=O) groups is 1. The predicted molar refractivity (Wildman–Crippen MR) is 73.2 cm³/mol. The molecule has 0 aromatic carbocycles. The molecule has 4 heteroatoms. The summed E-state index contributed by atoms with van der Waals surface area (Å²) in [5, 5.41) is 3.23. The molecular weight excluding hydrogens is 226 g/mol. The van der Waals surface area contributed by atoms with Crippen molar-refractivity contribution in [2.75, 3.05) is 26.7 Å². The second kappa shape index (κ2) is 5.57. The average Bonchev–Trinajstić information content (AvgIpc) is 3.10. The van der Waals surface area contributed by atoms with Gasteiger partial charge in [-0.05, 0) is 51.1 Å². The lowest BCUT2D eigenvalue weighted by Crippen LogP contribution is -2.61. The fourth-order valence-electron chi connectivity index (χ4n) is 3.44. The van der Waals surface area contributed by atoms with Crippen LogP contribution < -0.4 is 11.1 Å². The number of nitrogens with zero attached hydrogens (tertiary/aromatic N) is 1. The smallest absolute Gasteiger partial charge is 0.239 e. The first-order valence-corrected chi connectivity index (χ1v) is 7.33. The fraction of sp³-hybridized carbons (Fsp3) is 0.929. The van der Waals surface area contributed by atoms with Crippen LogP contribution in [-0.2, 0) is 4.79 Å². The lowest BCUT2D eigenvalue weighted by molar-refractivity contribution is -0.126. The van der Waals surface area contributed by atoms with Gasteiger partial charge in [0.2, 0.25) is 5.91 Å². The minimum atomic E-state index is -0.485. The summed E-state index contributed by atoms with van der Waals surface area (Å²) in [6.07, 6.45) is 6.11. The van der Waals surface area contributed by atoms with E-state index < -0.39 is 5.54 Å². The third kappa shape index (κ3) is 2.69. The molecule has 1 aliphatic heterocycles. The number of hydrogen-bond donors (Lipinski definition) is 2. The Labute approximate surface area is 110 Å². The molecule has 2 fully saturated rings. The lowest BCUT2D eigenvalue weighted by Gasteiger charge is -2.34. The van der Waals surface area contributed by atoms with Gasteiger partial charge in [-0.2, -0.15) is 0 Å². The third-order valence-electron chi connectivity index (χ3n) is 4.70. The van der Waals surface area contributed by atoms with Crippen molar-refractivity contribution >= 4 is 5.91 Å². The molecule has 0 spiro atoms. The van der Waals surface area contributed by atoms with Gasteiger partial charge >= 0.3 is 0 Å². The Kier molecular flexibility index (Phi) is 4.28. The standard InChI is InChI=1S/C14H27N3O/c1-3-4-11-7-8-17(9-11)10-14(16-2,13(15)18)12-5-6-12/h11-12,16H,3-10H2,1-2H3,(H2,15,18). The summed E-state index contributed by atoms with van der Waals surface area (Å²) >= 11 is 0. The van der Waals surface area contributed by atoms with Crippen molar-refractivity contribution in [1.29, 1.82) is 0 Å². The van der Waals surface area contributed by atoms with E-state index in [4.69, 9.17) is 5.73 Å². The van der Waals surface area contributed by atoms with Gasteiger partial charge in [-0.15, -0.1) is 0 Å². The molecule has 2 rings (SSSR count). The quantitative estimate of drug-likeness (QED) is 0.710. The first kappa shape index (κ1) is 13.8. The second-order valence-corrected chi connectivity index (χ2v) is 6.04. The minimum Gasteiger partial charge on any atom is -0.368 e. The van der Waals surface area contributed by atoms with E-state index in [1.54, 1.807) is 0 Å². The summed E-state index contributed by atoms with van der Waals surface area (Å²) in [5.41, 5.74) is 5.18. The molecule has 2 unspecified atom stereocenters. The molecule has 0 bridgehead atoms. The Morgan fingerprint density at radius 3 is 2.67 bits per heavy atom. The summed E-state index contributed by atoms with van der Waals surface area (Å²) in [6.45, 7) is 5.29. The van der Waals surface area contributed by atoms with E-state index in [1.165, 1.54) is 19.3 Å². The zero-order valence-electron chi connectivity index (χ0n) is 11.7. The number of nitrogens with two attached hydrogens (primary N) is 1. The number of likely N-dealkylation sites (N-methyl/N-ethyl adjacent to an activating group) is 1. The second-order valence-electron chi connectivity index (χ2n) is 6.04. The lowest BCUT2D eigenvalue weighted by atomic mass is 9.91. The fourth-order valence-corrected chi connectivity index (χ4v) is 3.44. The topological polar surface area (TPSA) is 58.4 Å². The molecule has 4 nitrogen and oxygen atoms in total. The van der Waals surface area contributed by atoms with E-state index in [9.17, 15) is 4.79 Å². The SMILES string of the molecule is CCCC1CCN(CC(NC)(C(N)=O)C2CC2)C1. The molecule has 1 aliphatic carbocycles. The molecule has 0 radical (unpaired) electrons. The van der Waals surface area contributed by atoms with Gasteiger partial charge in [0.05, 0.1) is 0 Å². The van der Waals surface area contributed by atoms with E-state index in [1.807, 2.05) is 7.05 Å². The summed E-state index contributed by atoms with van der Waals surface area (Å²) < 4.78 is 0. The van der Waals surface area contributed by atoms with Gasteiger partial charge in [-0.1, -0.05) is 13.3 Å². The van der Waals surface area contributed by atoms with Crippen molar-refractivity contribution in [2.24, 2.45) is 17.6 Å². The maximum atomic E-state index is 11.9. The van der Waals surface area contributed by atoms with Crippen LogP contribution in [-0.4, -0.2) is 43.0 Å². The number of primary amides is 1. The Hall–Kier alpha value is -0.610. The molecule has 2 atom stereocenters. The van der Waals surface area contributed by atoms with Crippen LogP contribution in [0.5, 0.6) is 0 Å². The van der Waals surface area contributed by atoms with Gasteiger partial charge in [0, 0.05) is 13.1 Å². The highest BCUT2D eigenvalue weighted by atomic mass is 16.1. The van der Waals surface area contributed by atoms with Gasteiger partial charge < -0.3 is 16.0 Å². The molecule has 1 amide bonds. The summed E-state index contributed by atoms with van der Waals surface area (Å²) in [5.74, 6) is 1.09. The molecule has 18 heavy (non-hydrogen) atoms. The van der Waals surface area contributed by atoms with Crippen LogP contribution in [0.1, 0.15) is 39.0 Å². The van der Waals surface area contributed by atoms with E-state index in [2.05, 4.69) is 17.1 Å². The van der Waals surface area contributed by atoms with Crippen molar-refractivity contribution in [3.63, 3.8) is 0 Å². The largest absolute Gasteiger partial charge is 0.368 e. The van der Waals surface area contributed by atoms with Crippen molar-refractivity contribution < 1.29 is 4.79 Å². The van der Waals surface area contributed by atoms with Crippen LogP contribution in [0.25, 0.3) is 0 Å². The highest BCUT2D eigenvalue weighted by Crippen LogP contribution is 2.40. The van der Waals surface area contributed by atoms with Gasteiger partial charge in [0.15, 0.2) is 0 Å². The average molecular weight is 253 g/mol. The van der Waals surface area contributed by atoms with Crippen LogP contribution in [0, 0.1) is 11.8 Å². The van der Waals surface area contributed by atoms with E-state index in [-0.39, 0.29) is 5.91 Å². The highest BCUT2D eigenvalue weighted by Gasteiger charge is 2.50. The normalized spacial score (nSPS) is 28.2. The third-order valence-corrected chi connectivity index (χ3v) is 4.70. The Morgan fingerprint density at radius 2 is 2.17 bits per heavy atom. The highest BCUT2D eigenvalue weighted by molar-refractivity contribution is 5.86. The van der Waals surface area contributed by atoms with Gasteiger partial charge in [0.1, 0.15) is 5.54 Å². The van der Waals surface area contributed by atoms with Crippen LogP contribution in [0.2, 0.25) is 0 Å². The summed E-state index contributed by atoms with van der Waals surface area (Å²) in [4.78, 5) is 14.3. The molecule has 0 aromatic rings. The summed E-state index contributed by atoms with van der Waals surface area (Å²) in [7, 11) is 1.88. The predicted octanol–water partition coefficient (Wildman–Crippen LogP) is 0.962. The van der Waals surface area contributed by atoms with E-state index in [0.29, 0.717) is 5.92 Å². The molecule has 2 aliphatic rings. The van der Waals surface area contributed by atoms with E-state index in [0.717, 1.165) is 38.4 Å². The Morgan fingerprint density at radius 1 is 1.44 bits per heavy atom. The maximum Gasteiger partial charge on any atom is 0.239 e. The van der Waals surface area contributed by atoms with E-state index >= 15 is 0 Å². The van der Waals surface area contributed by atoms with Crippen LogP contribution in [0.3, 0.4) is 0 Å². The number of carbonyl (C=O) groups excluding carboxylic acids is 1. The first-order valence-electron chi connectivity index (χ1n) is 7.33. The van der Waals surface area contributed by atoms with Crippen LogP contribution in [0.4, 0.5) is 0 Å². The van der Waals surface area contributed by atoms with Crippen molar-refractivity contribution in [2.45, 2.75) is 44.6 Å². The van der Waals surface area contributed by atoms with Gasteiger partial charge in [-0.25, -0.2) is 0 Å². The van der Waals surface area contributed by atoms with Crippen molar-refractivity contribution in [3.05, 3.63) is 0 Å². The molecule has 3 N–H and O–H groups in total. The number of hydrogen-bond acceptors (Lipinski definition) is 3. The number of likely N-dealkylation sites (tertiary alicyclic amines) is 1. The monoisotopic (exact) mass is 253 g/mol. The molecule has 1 heterocycles. The van der Waals surface area contributed by atoms with Crippen LogP contribution >= 0.6 is 0 Å². The Bertz CT molecular complexity index is 303. The van der Waals surface area contributed by atoms with Crippen LogP contribution in [0.15, 0.2) is 0 Å². The van der Waals surface area contributed by atoms with Gasteiger partial charge in [-0.3, -0.25) is 4.79 Å². The minimum absolute atomic E-state index is 0.175. The number of rotatable bonds is 7. The Balaban J connectivity index is 1.95. The molecule has 1 saturated heterocycles. The molecule has 1 saturated carbocycles. The maximum absolute atomic E-state index is 11.9. The first-order chi connectivity index (χ1) is 8.62. The van der Waals surface area contributed by atoms with Gasteiger partial charge in [0.25, 0.3) is 0 Å². The summed E-state index contributed by atoms with van der Waals surface area (Å²) in [6, 6.07) is 0. The zero-order chi connectivity index (χ0) is 13.2. The molecule has 104 valence electrons. The number of amides is 1. The van der Waals surface area contributed by atoms with Crippen molar-refractivity contribution in [3.8, 4) is 0 Å². The molecule has 0 aromatic heterocycles. The molecular formula is C14H27N3O.